The minimum absolute atomic E-state index is 0. The first-order valence-corrected chi connectivity index (χ1v) is 3.88. The maximum Gasteiger partial charge on any atom is 0.269 e. The normalized spacial score (nSPS) is 8.80. The Morgan fingerprint density at radius 2 is 1.87 bits per heavy atom. The fraction of sp³-hybridized carbons (Fsp3) is 0.125. The Bertz CT molecular complexity index is 359. The quantitative estimate of drug-likeness (QED) is 0.346. The number of nitro benzene ring substituents is 1. The second-order valence-corrected chi connectivity index (χ2v) is 2.66. The lowest BCUT2D eigenvalue weighted by atomic mass is 10.2. The first-order chi connectivity index (χ1) is 6.59. The number of hydrogen-bond donors (Lipinski definition) is 2. The monoisotopic (exact) mass is 230 g/mol. The van der Waals surface area contributed by atoms with Crippen molar-refractivity contribution >= 4 is 24.1 Å². The van der Waals surface area contributed by atoms with Crippen molar-refractivity contribution in [2.75, 3.05) is 0 Å². The molecule has 0 heterocycles. The van der Waals surface area contributed by atoms with Gasteiger partial charge in [-0.2, -0.15) is 0 Å². The number of nitrogens with two attached hydrogens (primary N) is 2. The van der Waals surface area contributed by atoms with Crippen LogP contribution in [0.25, 0.3) is 0 Å². The first-order valence-electron chi connectivity index (χ1n) is 3.88. The van der Waals surface area contributed by atoms with Crippen molar-refractivity contribution in [2.45, 2.75) is 6.54 Å². The van der Waals surface area contributed by atoms with Crippen molar-refractivity contribution in [3.8, 4) is 0 Å². The van der Waals surface area contributed by atoms with E-state index < -0.39 is 4.92 Å². The van der Waals surface area contributed by atoms with Crippen LogP contribution in [0, 0.1) is 10.1 Å². The maximum absolute atomic E-state index is 10.3. The van der Waals surface area contributed by atoms with Crippen LogP contribution in [0.4, 0.5) is 5.69 Å². The molecular formula is C8H11ClN4O2. The molecule has 0 amide bonds. The molecule has 0 fully saturated rings. The number of benzene rings is 1. The Hall–Kier alpha value is -1.82. The Balaban J connectivity index is 0.00000196. The van der Waals surface area contributed by atoms with Gasteiger partial charge in [0.05, 0.1) is 11.5 Å². The van der Waals surface area contributed by atoms with Crippen molar-refractivity contribution in [1.82, 2.24) is 0 Å². The Labute approximate surface area is 92.5 Å². The van der Waals surface area contributed by atoms with Gasteiger partial charge in [0.15, 0.2) is 5.96 Å². The lowest BCUT2D eigenvalue weighted by Crippen LogP contribution is -2.22. The van der Waals surface area contributed by atoms with E-state index in [1.807, 2.05) is 0 Å². The third-order valence-corrected chi connectivity index (χ3v) is 1.59. The summed E-state index contributed by atoms with van der Waals surface area (Å²) in [5, 5.41) is 10.3. The van der Waals surface area contributed by atoms with Crippen molar-refractivity contribution in [2.24, 2.45) is 16.5 Å². The predicted octanol–water partition coefficient (Wildman–Crippen LogP) is 0.790. The standard InChI is InChI=1S/C8H10N4O2.ClH/c9-8(10)11-5-6-1-3-7(4-2-6)12(13)14;/h1-4H,5H2,(H4,9,10,11);1H. The fourth-order valence-corrected chi connectivity index (χ4v) is 0.906. The zero-order chi connectivity index (χ0) is 10.6. The van der Waals surface area contributed by atoms with Gasteiger partial charge in [0.2, 0.25) is 0 Å². The van der Waals surface area contributed by atoms with Gasteiger partial charge in [-0.3, -0.25) is 10.1 Å². The lowest BCUT2D eigenvalue weighted by molar-refractivity contribution is -0.384. The first kappa shape index (κ1) is 13.2. The third-order valence-electron chi connectivity index (χ3n) is 1.59. The number of guanidine groups is 1. The number of aliphatic imine (C=N–C) groups is 1. The van der Waals surface area contributed by atoms with Crippen molar-refractivity contribution in [3.05, 3.63) is 39.9 Å². The topological polar surface area (TPSA) is 108 Å². The van der Waals surface area contributed by atoms with Gasteiger partial charge < -0.3 is 11.5 Å². The molecule has 0 aromatic heterocycles. The van der Waals surface area contributed by atoms with E-state index in [1.165, 1.54) is 12.1 Å². The number of hydrogen-bond acceptors (Lipinski definition) is 3. The number of non-ortho nitro benzene ring substituents is 1. The molecule has 1 aromatic rings. The van der Waals surface area contributed by atoms with Gasteiger partial charge in [-0.15, -0.1) is 12.4 Å². The molecule has 7 heteroatoms. The van der Waals surface area contributed by atoms with E-state index in [-0.39, 0.29) is 24.1 Å². The van der Waals surface area contributed by atoms with Crippen molar-refractivity contribution in [1.29, 1.82) is 0 Å². The van der Waals surface area contributed by atoms with E-state index in [2.05, 4.69) is 4.99 Å². The van der Waals surface area contributed by atoms with Crippen LogP contribution in [-0.4, -0.2) is 10.9 Å². The lowest BCUT2D eigenvalue weighted by Gasteiger charge is -1.96. The van der Waals surface area contributed by atoms with E-state index in [4.69, 9.17) is 11.5 Å². The van der Waals surface area contributed by atoms with Gasteiger partial charge in [0.25, 0.3) is 5.69 Å². The van der Waals surface area contributed by atoms with E-state index in [9.17, 15) is 10.1 Å². The van der Waals surface area contributed by atoms with Gasteiger partial charge in [-0.05, 0) is 5.56 Å². The number of nitrogens with zero attached hydrogens (tertiary/aromatic N) is 2. The summed E-state index contributed by atoms with van der Waals surface area (Å²) < 4.78 is 0. The summed E-state index contributed by atoms with van der Waals surface area (Å²) in [5.74, 6) is 0.00310. The molecule has 0 aliphatic rings. The van der Waals surface area contributed by atoms with Crippen LogP contribution in [0.15, 0.2) is 29.3 Å². The minimum atomic E-state index is -0.454. The zero-order valence-corrected chi connectivity index (χ0v) is 8.61. The molecule has 6 nitrogen and oxygen atoms in total. The molecule has 0 aliphatic heterocycles. The summed E-state index contributed by atoms with van der Waals surface area (Å²) in [6.07, 6.45) is 0. The van der Waals surface area contributed by atoms with Crippen LogP contribution in [-0.2, 0) is 6.54 Å². The van der Waals surface area contributed by atoms with E-state index in [1.54, 1.807) is 12.1 Å². The maximum atomic E-state index is 10.3. The average molecular weight is 231 g/mol. The second-order valence-electron chi connectivity index (χ2n) is 2.66. The molecule has 1 aromatic carbocycles. The SMILES string of the molecule is Cl.NC(N)=NCc1ccc([N+](=O)[O-])cc1. The zero-order valence-electron chi connectivity index (χ0n) is 7.79. The average Bonchev–Trinajstić information content (AvgIpc) is 2.15. The third kappa shape index (κ3) is 4.28. The highest BCUT2D eigenvalue weighted by Gasteiger charge is 2.02. The molecule has 82 valence electrons. The molecule has 15 heavy (non-hydrogen) atoms. The van der Waals surface area contributed by atoms with Gasteiger partial charge in [0, 0.05) is 12.1 Å². The minimum Gasteiger partial charge on any atom is -0.370 e. The summed E-state index contributed by atoms with van der Waals surface area (Å²) in [4.78, 5) is 13.6. The summed E-state index contributed by atoms with van der Waals surface area (Å²) >= 11 is 0. The Morgan fingerprint density at radius 1 is 1.33 bits per heavy atom. The molecule has 0 spiro atoms. The molecule has 0 saturated heterocycles. The second kappa shape index (κ2) is 5.82. The smallest absolute Gasteiger partial charge is 0.269 e. The summed E-state index contributed by atoms with van der Waals surface area (Å²) in [6, 6.07) is 6.06. The van der Waals surface area contributed by atoms with Gasteiger partial charge >= 0.3 is 0 Å². The Morgan fingerprint density at radius 3 is 2.27 bits per heavy atom. The van der Waals surface area contributed by atoms with Gasteiger partial charge in [0.1, 0.15) is 0 Å². The molecule has 0 saturated carbocycles. The molecule has 0 radical (unpaired) electrons. The van der Waals surface area contributed by atoms with Gasteiger partial charge in [-0.1, -0.05) is 12.1 Å². The Kier molecular flexibility index (Phi) is 5.11. The number of halogens is 1. The molecule has 0 unspecified atom stereocenters. The summed E-state index contributed by atoms with van der Waals surface area (Å²) in [5.41, 5.74) is 11.2. The highest BCUT2D eigenvalue weighted by Crippen LogP contribution is 2.12. The van der Waals surface area contributed by atoms with Gasteiger partial charge in [-0.25, -0.2) is 4.99 Å². The predicted molar refractivity (Wildman–Crippen MR) is 59.9 cm³/mol. The molecule has 1 rings (SSSR count). The van der Waals surface area contributed by atoms with Crippen molar-refractivity contribution in [3.63, 3.8) is 0 Å². The summed E-state index contributed by atoms with van der Waals surface area (Å²) in [7, 11) is 0. The molecule has 0 bridgehead atoms. The largest absolute Gasteiger partial charge is 0.370 e. The van der Waals surface area contributed by atoms with E-state index >= 15 is 0 Å². The molecule has 4 N–H and O–H groups in total. The van der Waals surface area contributed by atoms with Crippen LogP contribution in [0.3, 0.4) is 0 Å². The van der Waals surface area contributed by atoms with Crippen LogP contribution in [0.5, 0.6) is 0 Å². The van der Waals surface area contributed by atoms with Crippen LogP contribution >= 0.6 is 12.4 Å². The fourth-order valence-electron chi connectivity index (χ4n) is 0.906. The van der Waals surface area contributed by atoms with Crippen LogP contribution in [0.2, 0.25) is 0 Å². The highest BCUT2D eigenvalue weighted by atomic mass is 35.5. The van der Waals surface area contributed by atoms with E-state index in [0.717, 1.165) is 5.56 Å². The number of rotatable bonds is 3. The van der Waals surface area contributed by atoms with Crippen LogP contribution < -0.4 is 11.5 Å². The van der Waals surface area contributed by atoms with E-state index in [0.29, 0.717) is 6.54 Å². The summed E-state index contributed by atoms with van der Waals surface area (Å²) in [6.45, 7) is 0.334. The van der Waals surface area contributed by atoms with Crippen LogP contribution in [0.1, 0.15) is 5.56 Å². The molecule has 0 atom stereocenters. The highest BCUT2D eigenvalue weighted by molar-refractivity contribution is 5.85. The molecular weight excluding hydrogens is 220 g/mol. The number of nitro groups is 1. The molecule has 0 aliphatic carbocycles. The van der Waals surface area contributed by atoms with Crippen molar-refractivity contribution < 1.29 is 4.92 Å².